The molecule has 0 radical (unpaired) electrons. The molecule has 0 aliphatic heterocycles. The van der Waals surface area contributed by atoms with Gasteiger partial charge in [-0.05, 0) is 12.1 Å². The molecule has 0 aliphatic carbocycles. The molecule has 2 aromatic rings. The molecular formula is C16H11ClFN3O3. The van der Waals surface area contributed by atoms with E-state index in [0.717, 1.165) is 6.07 Å². The van der Waals surface area contributed by atoms with Crippen LogP contribution in [0.2, 0.25) is 5.02 Å². The number of nitro groups is 1. The van der Waals surface area contributed by atoms with E-state index in [0.29, 0.717) is 0 Å². The van der Waals surface area contributed by atoms with Gasteiger partial charge in [-0.3, -0.25) is 14.9 Å². The number of nitrogens with zero attached hydrogens (tertiary/aromatic N) is 2. The van der Waals surface area contributed by atoms with Gasteiger partial charge in [0.25, 0.3) is 5.69 Å². The number of halogens is 2. The van der Waals surface area contributed by atoms with Gasteiger partial charge in [-0.25, -0.2) is 4.39 Å². The second kappa shape index (κ2) is 7.53. The first-order chi connectivity index (χ1) is 11.4. The molecule has 0 unspecified atom stereocenters. The summed E-state index contributed by atoms with van der Waals surface area (Å²) < 4.78 is 13.9. The van der Waals surface area contributed by atoms with Crippen LogP contribution in [0.1, 0.15) is 17.2 Å². The Balaban J connectivity index is 2.20. The van der Waals surface area contributed by atoms with Crippen molar-refractivity contribution in [1.82, 2.24) is 5.32 Å². The van der Waals surface area contributed by atoms with Crippen LogP contribution in [0.5, 0.6) is 0 Å². The third-order valence-electron chi connectivity index (χ3n) is 3.26. The Morgan fingerprint density at radius 3 is 2.67 bits per heavy atom. The fourth-order valence-electron chi connectivity index (χ4n) is 2.18. The summed E-state index contributed by atoms with van der Waals surface area (Å²) in [7, 11) is 0. The number of benzene rings is 2. The zero-order valence-corrected chi connectivity index (χ0v) is 13.0. The molecule has 2 aromatic carbocycles. The molecule has 0 fully saturated rings. The van der Waals surface area contributed by atoms with E-state index < -0.39 is 22.7 Å². The van der Waals surface area contributed by atoms with Crippen LogP contribution in [0.25, 0.3) is 0 Å². The minimum Gasteiger partial charge on any atom is -0.336 e. The lowest BCUT2D eigenvalue weighted by atomic mass is 10.1. The molecule has 0 saturated heterocycles. The zero-order valence-electron chi connectivity index (χ0n) is 12.2. The van der Waals surface area contributed by atoms with Crippen LogP contribution in [0.4, 0.5) is 10.1 Å². The molecule has 0 saturated carbocycles. The Hall–Kier alpha value is -2.98. The van der Waals surface area contributed by atoms with E-state index in [1.165, 1.54) is 30.3 Å². The number of hydrogen-bond donors (Lipinski definition) is 1. The van der Waals surface area contributed by atoms with Crippen molar-refractivity contribution in [3.8, 4) is 6.07 Å². The van der Waals surface area contributed by atoms with E-state index in [9.17, 15) is 24.6 Å². The number of rotatable bonds is 5. The highest BCUT2D eigenvalue weighted by Crippen LogP contribution is 2.26. The molecule has 0 spiro atoms. The van der Waals surface area contributed by atoms with Gasteiger partial charge in [-0.2, -0.15) is 5.26 Å². The Bertz CT molecular complexity index is 815. The fourth-order valence-corrected chi connectivity index (χ4v) is 2.45. The van der Waals surface area contributed by atoms with Crippen molar-refractivity contribution in [3.63, 3.8) is 0 Å². The highest BCUT2D eigenvalue weighted by atomic mass is 35.5. The SMILES string of the molecule is N#C[C@@H](NC(=O)Cc1ccccc1[N+](=O)[O-])c1c(F)cccc1Cl. The summed E-state index contributed by atoms with van der Waals surface area (Å²) in [5.74, 6) is -1.38. The monoisotopic (exact) mass is 347 g/mol. The molecule has 2 rings (SSSR count). The summed E-state index contributed by atoms with van der Waals surface area (Å²) in [5.41, 5.74) is -0.154. The van der Waals surface area contributed by atoms with Crippen molar-refractivity contribution in [2.75, 3.05) is 0 Å². The molecule has 0 aliphatic rings. The first kappa shape index (κ1) is 17.4. The average molecular weight is 348 g/mol. The minimum atomic E-state index is -1.30. The number of para-hydroxylation sites is 1. The van der Waals surface area contributed by atoms with Crippen molar-refractivity contribution in [2.24, 2.45) is 0 Å². The molecule has 0 bridgehead atoms. The number of nitriles is 1. The Labute approximate surface area is 141 Å². The largest absolute Gasteiger partial charge is 0.336 e. The third kappa shape index (κ3) is 3.86. The van der Waals surface area contributed by atoms with E-state index in [1.54, 1.807) is 12.1 Å². The molecule has 1 amide bonds. The van der Waals surface area contributed by atoms with Gasteiger partial charge < -0.3 is 5.32 Å². The summed E-state index contributed by atoms with van der Waals surface area (Å²) in [4.78, 5) is 22.4. The standard InChI is InChI=1S/C16H11ClFN3O3/c17-11-5-3-6-12(18)16(11)13(9-19)20-15(22)8-10-4-1-2-7-14(10)21(23)24/h1-7,13H,8H2,(H,20,22)/t13-/m1/s1. The summed E-state index contributed by atoms with van der Waals surface area (Å²) in [6.07, 6.45) is -0.318. The number of hydrogen-bond acceptors (Lipinski definition) is 4. The number of carbonyl (C=O) groups is 1. The van der Waals surface area contributed by atoms with Crippen LogP contribution in [0, 0.1) is 27.3 Å². The first-order valence-corrected chi connectivity index (χ1v) is 7.17. The summed E-state index contributed by atoms with van der Waals surface area (Å²) >= 11 is 5.88. The predicted molar refractivity (Wildman–Crippen MR) is 84.7 cm³/mol. The van der Waals surface area contributed by atoms with E-state index >= 15 is 0 Å². The molecule has 8 heteroatoms. The maximum absolute atomic E-state index is 13.9. The lowest BCUT2D eigenvalue weighted by Crippen LogP contribution is -2.30. The van der Waals surface area contributed by atoms with E-state index in [1.807, 2.05) is 0 Å². The van der Waals surface area contributed by atoms with Crippen molar-refractivity contribution < 1.29 is 14.1 Å². The molecular weight excluding hydrogens is 337 g/mol. The quantitative estimate of drug-likeness (QED) is 0.662. The van der Waals surface area contributed by atoms with E-state index in [2.05, 4.69) is 5.32 Å². The van der Waals surface area contributed by atoms with Gasteiger partial charge in [0.2, 0.25) is 5.91 Å². The van der Waals surface area contributed by atoms with Gasteiger partial charge in [-0.15, -0.1) is 0 Å². The van der Waals surface area contributed by atoms with Gasteiger partial charge in [0.1, 0.15) is 11.9 Å². The van der Waals surface area contributed by atoms with Crippen molar-refractivity contribution >= 4 is 23.2 Å². The van der Waals surface area contributed by atoms with Gasteiger partial charge in [0.05, 0.1) is 17.4 Å². The summed E-state index contributed by atoms with van der Waals surface area (Å²) in [6.45, 7) is 0. The van der Waals surface area contributed by atoms with Crippen LogP contribution < -0.4 is 5.32 Å². The number of amides is 1. The molecule has 1 N–H and O–H groups in total. The topological polar surface area (TPSA) is 96.0 Å². The molecule has 1 atom stereocenters. The Morgan fingerprint density at radius 1 is 1.33 bits per heavy atom. The predicted octanol–water partition coefficient (Wildman–Crippen LogP) is 3.31. The molecule has 0 aromatic heterocycles. The summed E-state index contributed by atoms with van der Waals surface area (Å²) in [5, 5.41) is 22.5. The van der Waals surface area contributed by atoms with Gasteiger partial charge >= 0.3 is 0 Å². The number of nitrogens with one attached hydrogen (secondary N) is 1. The Morgan fingerprint density at radius 2 is 2.04 bits per heavy atom. The zero-order chi connectivity index (χ0) is 17.7. The molecule has 122 valence electrons. The molecule has 6 nitrogen and oxygen atoms in total. The van der Waals surface area contributed by atoms with Crippen LogP contribution in [0.3, 0.4) is 0 Å². The highest BCUT2D eigenvalue weighted by molar-refractivity contribution is 6.31. The average Bonchev–Trinajstić information content (AvgIpc) is 2.53. The second-order valence-corrected chi connectivity index (χ2v) is 5.23. The molecule has 24 heavy (non-hydrogen) atoms. The van der Waals surface area contributed by atoms with Gasteiger partial charge in [0, 0.05) is 22.2 Å². The molecule has 0 heterocycles. The van der Waals surface area contributed by atoms with Crippen LogP contribution in [-0.2, 0) is 11.2 Å². The van der Waals surface area contributed by atoms with Crippen LogP contribution in [-0.4, -0.2) is 10.8 Å². The summed E-state index contributed by atoms with van der Waals surface area (Å²) in [6, 6.07) is 10.1. The number of nitro benzene ring substituents is 1. The fraction of sp³-hybridized carbons (Fsp3) is 0.125. The highest BCUT2D eigenvalue weighted by Gasteiger charge is 2.22. The van der Waals surface area contributed by atoms with E-state index in [-0.39, 0.29) is 28.3 Å². The van der Waals surface area contributed by atoms with Crippen molar-refractivity contribution in [2.45, 2.75) is 12.5 Å². The van der Waals surface area contributed by atoms with Crippen molar-refractivity contribution in [1.29, 1.82) is 5.26 Å². The van der Waals surface area contributed by atoms with Crippen LogP contribution >= 0.6 is 11.6 Å². The third-order valence-corrected chi connectivity index (χ3v) is 3.59. The maximum atomic E-state index is 13.9. The Kier molecular flexibility index (Phi) is 5.45. The van der Waals surface area contributed by atoms with Gasteiger partial charge in [0.15, 0.2) is 0 Å². The first-order valence-electron chi connectivity index (χ1n) is 6.79. The number of carbonyl (C=O) groups excluding carboxylic acids is 1. The lowest BCUT2D eigenvalue weighted by Gasteiger charge is -2.14. The smallest absolute Gasteiger partial charge is 0.273 e. The second-order valence-electron chi connectivity index (χ2n) is 4.83. The van der Waals surface area contributed by atoms with Crippen LogP contribution in [0.15, 0.2) is 42.5 Å². The minimum absolute atomic E-state index is 0.00698. The lowest BCUT2D eigenvalue weighted by molar-refractivity contribution is -0.385. The maximum Gasteiger partial charge on any atom is 0.273 e. The van der Waals surface area contributed by atoms with Gasteiger partial charge in [-0.1, -0.05) is 35.9 Å². The normalized spacial score (nSPS) is 11.4. The van der Waals surface area contributed by atoms with Crippen molar-refractivity contribution in [3.05, 3.63) is 74.5 Å². The van der Waals surface area contributed by atoms with E-state index in [4.69, 9.17) is 11.6 Å².